The van der Waals surface area contributed by atoms with E-state index in [-0.39, 0.29) is 17.9 Å². The van der Waals surface area contributed by atoms with Gasteiger partial charge < -0.3 is 10.2 Å². The van der Waals surface area contributed by atoms with Crippen molar-refractivity contribution in [2.45, 2.75) is 38.6 Å². The Bertz CT molecular complexity index is 553. The van der Waals surface area contributed by atoms with Crippen molar-refractivity contribution in [1.82, 2.24) is 4.72 Å². The molecule has 0 bridgehead atoms. The zero-order valence-corrected chi connectivity index (χ0v) is 12.8. The van der Waals surface area contributed by atoms with Crippen LogP contribution in [0.25, 0.3) is 0 Å². The Morgan fingerprint density at radius 1 is 1.24 bits per heavy atom. The molecule has 21 heavy (non-hydrogen) atoms. The van der Waals surface area contributed by atoms with Gasteiger partial charge in [-0.1, -0.05) is 31.9 Å². The van der Waals surface area contributed by atoms with Gasteiger partial charge in [0.25, 0.3) is 0 Å². The van der Waals surface area contributed by atoms with Gasteiger partial charge in [-0.05, 0) is 30.5 Å². The molecule has 0 amide bonds. The van der Waals surface area contributed by atoms with Gasteiger partial charge in [0.2, 0.25) is 10.0 Å². The highest BCUT2D eigenvalue weighted by Gasteiger charge is 2.24. The molecule has 0 radical (unpaired) electrons. The largest absolute Gasteiger partial charge is 0.508 e. The highest BCUT2D eigenvalue weighted by atomic mass is 32.2. The summed E-state index contributed by atoms with van der Waals surface area (Å²) in [5.74, 6) is -1.21. The SMILES string of the molecule is CCCCCS(=O)(=O)N[C@@H](Cc1ccc(O)cc1)C(=O)O. The van der Waals surface area contributed by atoms with Gasteiger partial charge in [0.15, 0.2) is 0 Å². The third-order valence-electron chi connectivity index (χ3n) is 3.01. The number of carboxylic acid groups (broad SMARTS) is 1. The number of aliphatic carboxylic acids is 1. The van der Waals surface area contributed by atoms with Crippen molar-refractivity contribution in [3.63, 3.8) is 0 Å². The van der Waals surface area contributed by atoms with Gasteiger partial charge in [-0.3, -0.25) is 4.79 Å². The molecule has 0 aliphatic rings. The molecule has 6 nitrogen and oxygen atoms in total. The highest BCUT2D eigenvalue weighted by molar-refractivity contribution is 7.89. The molecule has 0 spiro atoms. The van der Waals surface area contributed by atoms with Gasteiger partial charge in [-0.25, -0.2) is 13.1 Å². The molecule has 1 rings (SSSR count). The van der Waals surface area contributed by atoms with Crippen LogP contribution in [0.3, 0.4) is 0 Å². The van der Waals surface area contributed by atoms with Crippen molar-refractivity contribution in [3.05, 3.63) is 29.8 Å². The highest BCUT2D eigenvalue weighted by Crippen LogP contribution is 2.12. The molecule has 0 unspecified atom stereocenters. The number of phenols is 1. The van der Waals surface area contributed by atoms with Gasteiger partial charge in [-0.2, -0.15) is 0 Å². The first kappa shape index (κ1) is 17.5. The lowest BCUT2D eigenvalue weighted by molar-refractivity contribution is -0.138. The van der Waals surface area contributed by atoms with E-state index in [2.05, 4.69) is 4.72 Å². The molecule has 0 aliphatic carbocycles. The number of hydrogen-bond acceptors (Lipinski definition) is 4. The Morgan fingerprint density at radius 2 is 1.86 bits per heavy atom. The minimum atomic E-state index is -3.61. The van der Waals surface area contributed by atoms with Crippen molar-refractivity contribution >= 4 is 16.0 Å². The van der Waals surface area contributed by atoms with Crippen molar-refractivity contribution in [2.75, 3.05) is 5.75 Å². The number of benzene rings is 1. The van der Waals surface area contributed by atoms with Crippen LogP contribution in [0, 0.1) is 0 Å². The number of unbranched alkanes of at least 4 members (excludes halogenated alkanes) is 2. The fourth-order valence-electron chi connectivity index (χ4n) is 1.86. The maximum absolute atomic E-state index is 11.9. The van der Waals surface area contributed by atoms with E-state index >= 15 is 0 Å². The summed E-state index contributed by atoms with van der Waals surface area (Å²) in [7, 11) is -3.61. The van der Waals surface area contributed by atoms with E-state index in [1.807, 2.05) is 6.92 Å². The van der Waals surface area contributed by atoms with Crippen LogP contribution in [0.4, 0.5) is 0 Å². The normalized spacial score (nSPS) is 13.0. The number of carbonyl (C=O) groups is 1. The number of nitrogens with one attached hydrogen (secondary N) is 1. The van der Waals surface area contributed by atoms with Crippen LogP contribution >= 0.6 is 0 Å². The summed E-state index contributed by atoms with van der Waals surface area (Å²) in [5.41, 5.74) is 0.636. The third kappa shape index (κ3) is 6.59. The molecule has 0 fully saturated rings. The first-order valence-corrected chi connectivity index (χ1v) is 8.50. The van der Waals surface area contributed by atoms with Crippen LogP contribution in [0.1, 0.15) is 31.7 Å². The first-order chi connectivity index (χ1) is 9.84. The second-order valence-electron chi connectivity index (χ2n) is 4.91. The smallest absolute Gasteiger partial charge is 0.322 e. The van der Waals surface area contributed by atoms with Crippen LogP contribution in [0.2, 0.25) is 0 Å². The Hall–Kier alpha value is -1.60. The zero-order chi connectivity index (χ0) is 15.9. The Labute approximate surface area is 124 Å². The van der Waals surface area contributed by atoms with Crippen molar-refractivity contribution in [3.8, 4) is 5.75 Å². The summed E-state index contributed by atoms with van der Waals surface area (Å²) in [5, 5.41) is 18.3. The summed E-state index contributed by atoms with van der Waals surface area (Å²) >= 11 is 0. The lowest BCUT2D eigenvalue weighted by Gasteiger charge is -2.15. The molecular weight excluding hydrogens is 294 g/mol. The number of hydrogen-bond donors (Lipinski definition) is 3. The van der Waals surface area contributed by atoms with Crippen LogP contribution in [-0.2, 0) is 21.2 Å². The van der Waals surface area contributed by atoms with E-state index in [0.717, 1.165) is 12.8 Å². The molecule has 3 N–H and O–H groups in total. The molecule has 118 valence electrons. The zero-order valence-electron chi connectivity index (χ0n) is 11.9. The molecule has 1 aromatic carbocycles. The maximum Gasteiger partial charge on any atom is 0.322 e. The molecule has 1 atom stereocenters. The van der Waals surface area contributed by atoms with Crippen molar-refractivity contribution < 1.29 is 23.4 Å². The Balaban J connectivity index is 2.69. The van der Waals surface area contributed by atoms with E-state index in [1.165, 1.54) is 12.1 Å². The van der Waals surface area contributed by atoms with Gasteiger partial charge in [-0.15, -0.1) is 0 Å². The lowest BCUT2D eigenvalue weighted by atomic mass is 10.1. The molecule has 0 heterocycles. The second-order valence-corrected chi connectivity index (χ2v) is 6.78. The number of phenolic OH excluding ortho intramolecular Hbond substituents is 1. The molecule has 0 aromatic heterocycles. The average Bonchev–Trinajstić information content (AvgIpc) is 2.40. The van der Waals surface area contributed by atoms with E-state index in [4.69, 9.17) is 5.11 Å². The standard InChI is InChI=1S/C14H21NO5S/c1-2-3-4-9-21(19,20)15-13(14(17)18)10-11-5-7-12(16)8-6-11/h5-8,13,15-16H,2-4,9-10H2,1H3,(H,17,18)/t13-/m0/s1. The molecule has 0 saturated carbocycles. The molecular formula is C14H21NO5S. The maximum atomic E-state index is 11.9. The molecule has 7 heteroatoms. The van der Waals surface area contributed by atoms with Gasteiger partial charge in [0, 0.05) is 0 Å². The Kier molecular flexibility index (Phi) is 6.64. The summed E-state index contributed by atoms with van der Waals surface area (Å²) < 4.78 is 25.9. The summed E-state index contributed by atoms with van der Waals surface area (Å²) in [6.45, 7) is 1.96. The van der Waals surface area contributed by atoms with E-state index in [1.54, 1.807) is 12.1 Å². The van der Waals surface area contributed by atoms with Gasteiger partial charge in [0.1, 0.15) is 11.8 Å². The molecule has 0 saturated heterocycles. The fourth-order valence-corrected chi connectivity index (χ4v) is 3.18. The number of rotatable bonds is 9. The topological polar surface area (TPSA) is 104 Å². The van der Waals surface area contributed by atoms with Gasteiger partial charge in [0.05, 0.1) is 5.75 Å². The van der Waals surface area contributed by atoms with Crippen molar-refractivity contribution in [2.24, 2.45) is 0 Å². The van der Waals surface area contributed by atoms with Crippen LogP contribution in [0.5, 0.6) is 5.75 Å². The van der Waals surface area contributed by atoms with E-state index < -0.39 is 22.0 Å². The third-order valence-corrected chi connectivity index (χ3v) is 4.48. The monoisotopic (exact) mass is 315 g/mol. The second kappa shape index (κ2) is 7.99. The number of carboxylic acids is 1. The van der Waals surface area contributed by atoms with Crippen LogP contribution < -0.4 is 4.72 Å². The molecule has 0 aliphatic heterocycles. The number of aromatic hydroxyl groups is 1. The summed E-state index contributed by atoms with van der Waals surface area (Å²) in [6, 6.07) is 4.79. The molecule has 1 aromatic rings. The summed E-state index contributed by atoms with van der Waals surface area (Å²) in [6.07, 6.45) is 2.22. The Morgan fingerprint density at radius 3 is 2.38 bits per heavy atom. The predicted octanol–water partition coefficient (Wildman–Crippen LogP) is 1.50. The fraction of sp³-hybridized carbons (Fsp3) is 0.500. The van der Waals surface area contributed by atoms with Crippen molar-refractivity contribution in [1.29, 1.82) is 0 Å². The average molecular weight is 315 g/mol. The summed E-state index contributed by atoms with van der Waals surface area (Å²) in [4.78, 5) is 11.2. The lowest BCUT2D eigenvalue weighted by Crippen LogP contribution is -2.43. The van der Waals surface area contributed by atoms with Crippen LogP contribution in [-0.4, -0.2) is 36.4 Å². The minimum absolute atomic E-state index is 0.0304. The van der Waals surface area contributed by atoms with E-state index in [9.17, 15) is 18.3 Å². The minimum Gasteiger partial charge on any atom is -0.508 e. The quantitative estimate of drug-likeness (QED) is 0.599. The first-order valence-electron chi connectivity index (χ1n) is 6.85. The predicted molar refractivity (Wildman–Crippen MR) is 79.7 cm³/mol. The van der Waals surface area contributed by atoms with Crippen LogP contribution in [0.15, 0.2) is 24.3 Å². The number of sulfonamides is 1. The van der Waals surface area contributed by atoms with E-state index in [0.29, 0.717) is 12.0 Å². The van der Waals surface area contributed by atoms with Gasteiger partial charge >= 0.3 is 5.97 Å².